The van der Waals surface area contributed by atoms with E-state index >= 15 is 0 Å². The molecule has 10 rings (SSSR count). The molecule has 10 nitrogen and oxygen atoms in total. The van der Waals surface area contributed by atoms with Gasteiger partial charge in [0.05, 0.1) is 22.9 Å². The second kappa shape index (κ2) is 21.9. The van der Waals surface area contributed by atoms with Crippen LogP contribution in [-0.4, -0.2) is 60.2 Å². The fourth-order valence-corrected chi connectivity index (χ4v) is 25.2. The predicted molar refractivity (Wildman–Crippen MR) is 332 cm³/mol. The summed E-state index contributed by atoms with van der Waals surface area (Å²) in [5.41, 5.74) is 8.44. The molecule has 10 fully saturated rings. The van der Waals surface area contributed by atoms with Gasteiger partial charge in [-0.15, -0.1) is 0 Å². The van der Waals surface area contributed by atoms with Gasteiger partial charge in [-0.1, -0.05) is 93.5 Å². The largest absolute Gasteiger partial charge is 0.356 e. The molecule has 0 saturated heterocycles. The smallest absolute Gasteiger partial charge is 0.237 e. The van der Waals surface area contributed by atoms with Crippen LogP contribution < -0.4 is 21.7 Å². The number of rotatable bonds is 17. The number of unbranched alkanes of at least 4 members (excludes halogenated alkanes) is 2. The predicted octanol–water partition coefficient (Wildman–Crippen LogP) is 14.4. The van der Waals surface area contributed by atoms with Crippen molar-refractivity contribution in [3.8, 4) is 0 Å². The molecule has 10 aliphatic rings. The minimum atomic E-state index is -0.759. The molecule has 83 heavy (non-hydrogen) atoms. The van der Waals surface area contributed by atoms with E-state index in [2.05, 4.69) is 112 Å². The summed E-state index contributed by atoms with van der Waals surface area (Å²) in [5.74, 6) is 5.00. The van der Waals surface area contributed by atoms with E-state index in [1.165, 1.54) is 30.9 Å². The quantitative estimate of drug-likeness (QED) is 0.0831. The first-order valence-corrected chi connectivity index (χ1v) is 34.3. The Kier molecular flexibility index (Phi) is 16.6. The SMILES string of the molecule is C=C(C)C1CCC2(C(=O)NCCCCC(N)C(=O)NC(CCCCNC(=O)C34CCC(C(=C)C)C3[C@H]3CC[C@@H]5[C@@]6(C)CCC(=O)C(C)(C)[C@@H]6CC[C@@]5(C)[C@]3(C)CC4)C(C)=O)CC[C@]3(C)[C@H](CC[C@@H]4[C@@]5(C)CCC(=O)C(C)(C)[C@@H]5CC[C@]43C)C12. The van der Waals surface area contributed by atoms with Crippen molar-refractivity contribution in [2.24, 2.45) is 119 Å². The highest BCUT2D eigenvalue weighted by molar-refractivity contribution is 5.90. The van der Waals surface area contributed by atoms with Crippen LogP contribution in [0.3, 0.4) is 0 Å². The van der Waals surface area contributed by atoms with E-state index in [0.29, 0.717) is 117 Å². The maximum absolute atomic E-state index is 14.8. The summed E-state index contributed by atoms with van der Waals surface area (Å²) in [5, 5.41) is 9.87. The van der Waals surface area contributed by atoms with Gasteiger partial charge in [-0.05, 0) is 267 Å². The Morgan fingerprint density at radius 3 is 1.30 bits per heavy atom. The van der Waals surface area contributed by atoms with Gasteiger partial charge in [-0.3, -0.25) is 28.8 Å². The summed E-state index contributed by atoms with van der Waals surface area (Å²) in [6.45, 7) is 40.5. The number of nitrogens with two attached hydrogens (primary N) is 1. The molecule has 8 unspecified atom stereocenters. The van der Waals surface area contributed by atoms with E-state index in [4.69, 9.17) is 5.73 Å². The molecule has 10 heteroatoms. The van der Waals surface area contributed by atoms with Gasteiger partial charge in [-0.2, -0.15) is 0 Å². The highest BCUT2D eigenvalue weighted by Gasteiger charge is 2.74. The molecular weight excluding hydrogens is 1030 g/mol. The minimum Gasteiger partial charge on any atom is -0.356 e. The third kappa shape index (κ3) is 9.38. The van der Waals surface area contributed by atoms with Crippen molar-refractivity contribution < 1.29 is 28.8 Å². The Labute approximate surface area is 503 Å². The number of Topliss-reactive ketones (excluding diaryl/α,β-unsaturated/α-hetero) is 3. The average Bonchev–Trinajstić information content (AvgIpc) is 1.60. The molecule has 3 amide bonds. The van der Waals surface area contributed by atoms with Gasteiger partial charge in [0.25, 0.3) is 0 Å². The van der Waals surface area contributed by atoms with Crippen molar-refractivity contribution in [2.75, 3.05) is 13.1 Å². The molecule has 0 bridgehead atoms. The number of carbonyl (C=O) groups excluding carboxylic acids is 6. The number of nitrogens with one attached hydrogen (secondary N) is 3. The van der Waals surface area contributed by atoms with Crippen molar-refractivity contribution in [2.45, 2.75) is 269 Å². The lowest BCUT2D eigenvalue weighted by atomic mass is 9.32. The summed E-state index contributed by atoms with van der Waals surface area (Å²) in [6, 6.07) is -1.40. The van der Waals surface area contributed by atoms with Gasteiger partial charge in [-0.25, -0.2) is 0 Å². The van der Waals surface area contributed by atoms with Crippen LogP contribution in [0.1, 0.15) is 257 Å². The molecule has 20 atom stereocenters. The molecule has 0 aromatic heterocycles. The maximum Gasteiger partial charge on any atom is 0.237 e. The summed E-state index contributed by atoms with van der Waals surface area (Å²) in [7, 11) is 0. The van der Waals surface area contributed by atoms with E-state index in [1.807, 2.05) is 0 Å². The first kappa shape index (κ1) is 62.9. The van der Waals surface area contributed by atoms with Crippen LogP contribution in [0.15, 0.2) is 24.3 Å². The zero-order chi connectivity index (χ0) is 60.5. The second-order valence-corrected chi connectivity index (χ2v) is 33.8. The molecule has 0 spiro atoms. The first-order valence-electron chi connectivity index (χ1n) is 34.3. The molecule has 5 N–H and O–H groups in total. The normalized spacial score (nSPS) is 45.2. The lowest BCUT2D eigenvalue weighted by Crippen LogP contribution is -2.67. The second-order valence-electron chi connectivity index (χ2n) is 33.8. The van der Waals surface area contributed by atoms with Crippen LogP contribution in [-0.2, 0) is 28.8 Å². The van der Waals surface area contributed by atoms with E-state index in [-0.39, 0.29) is 78.7 Å². The topological polar surface area (TPSA) is 165 Å². The fourth-order valence-electron chi connectivity index (χ4n) is 25.2. The molecule has 0 aliphatic heterocycles. The van der Waals surface area contributed by atoms with Crippen molar-refractivity contribution in [1.29, 1.82) is 0 Å². The number of amides is 3. The van der Waals surface area contributed by atoms with Gasteiger partial charge in [0.15, 0.2) is 5.78 Å². The number of carbonyl (C=O) groups is 6. The van der Waals surface area contributed by atoms with Crippen LogP contribution in [0, 0.1) is 113 Å². The average molecular weight is 1150 g/mol. The van der Waals surface area contributed by atoms with Crippen molar-refractivity contribution in [3.05, 3.63) is 24.3 Å². The zero-order valence-corrected chi connectivity index (χ0v) is 54.7. The van der Waals surface area contributed by atoms with Crippen molar-refractivity contribution in [3.63, 3.8) is 0 Å². The van der Waals surface area contributed by atoms with Crippen molar-refractivity contribution in [1.82, 2.24) is 16.0 Å². The third-order valence-electron chi connectivity index (χ3n) is 30.1. The Morgan fingerprint density at radius 1 is 0.494 bits per heavy atom. The van der Waals surface area contributed by atoms with E-state index in [1.54, 1.807) is 0 Å². The highest BCUT2D eigenvalue weighted by Crippen LogP contribution is 2.79. The third-order valence-corrected chi connectivity index (χ3v) is 30.1. The number of hydrogen-bond donors (Lipinski definition) is 4. The summed E-state index contributed by atoms with van der Waals surface area (Å²) < 4.78 is 0. The summed E-state index contributed by atoms with van der Waals surface area (Å²) in [6.07, 6.45) is 24.1. The van der Waals surface area contributed by atoms with Gasteiger partial charge < -0.3 is 21.7 Å². The lowest BCUT2D eigenvalue weighted by Gasteiger charge is -2.72. The highest BCUT2D eigenvalue weighted by atomic mass is 16.2. The Balaban J connectivity index is 0.690. The molecular formula is C73H116N4O6. The molecule has 464 valence electrons. The van der Waals surface area contributed by atoms with Crippen LogP contribution in [0.25, 0.3) is 0 Å². The van der Waals surface area contributed by atoms with E-state index < -0.39 is 22.9 Å². The van der Waals surface area contributed by atoms with Crippen LogP contribution >= 0.6 is 0 Å². The van der Waals surface area contributed by atoms with E-state index in [9.17, 15) is 28.8 Å². The minimum absolute atomic E-state index is 0.0936. The van der Waals surface area contributed by atoms with Gasteiger partial charge in [0, 0.05) is 36.8 Å². The van der Waals surface area contributed by atoms with Crippen LogP contribution in [0.2, 0.25) is 0 Å². The van der Waals surface area contributed by atoms with Gasteiger partial charge in [0.2, 0.25) is 17.7 Å². The Morgan fingerprint density at radius 2 is 0.904 bits per heavy atom. The molecule has 10 saturated carbocycles. The van der Waals surface area contributed by atoms with Gasteiger partial charge in [0.1, 0.15) is 11.6 Å². The number of ketones is 3. The fraction of sp³-hybridized carbons (Fsp3) is 0.863. The first-order chi connectivity index (χ1) is 38.8. The monoisotopic (exact) mass is 1140 g/mol. The summed E-state index contributed by atoms with van der Waals surface area (Å²) >= 11 is 0. The number of fused-ring (bicyclic) bond motifs is 14. The maximum atomic E-state index is 14.8. The lowest BCUT2D eigenvalue weighted by molar-refractivity contribution is -0.233. The molecule has 10 aliphatic carbocycles. The van der Waals surface area contributed by atoms with Crippen LogP contribution in [0.4, 0.5) is 0 Å². The molecule has 0 aromatic rings. The Bertz CT molecular complexity index is 2620. The summed E-state index contributed by atoms with van der Waals surface area (Å²) in [4.78, 5) is 82.8. The van der Waals surface area contributed by atoms with Crippen LogP contribution in [0.5, 0.6) is 0 Å². The molecule has 0 aromatic carbocycles. The Hall–Kier alpha value is -3.14. The number of hydrogen-bond acceptors (Lipinski definition) is 7. The standard InChI is InChI=1S/C73H116N4O6/c1-44(2)47-26-36-72(40-38-68(12)49(59(47)72)22-24-55-66(10)32-30-57(79)64(6,7)53(66)28-34-70(55,68)14)62(82)75-42-18-16-20-51(74)61(81)77-52(46(5)78)21-17-19-43-76-63(83)73-37-27-48(45(3)4)60(73)50-23-25-56-67(11)33-31-58(80)65(8,9)54(67)29-35-71(56,15)69(50,13)39-41-73/h47-56,59-60H,1,3,16-43,74H2,2,4-15H3,(H,75,82)(H,76,83)(H,77,81)/t47?,48?,49-,50-,51?,52?,53+,54+,55-,56-,59?,60?,66+,67+,68-,69-,70-,71-,72?,73?/m1/s1. The van der Waals surface area contributed by atoms with Crippen molar-refractivity contribution >= 4 is 35.1 Å². The molecule has 0 radical (unpaired) electrons. The van der Waals surface area contributed by atoms with Gasteiger partial charge >= 0.3 is 0 Å². The zero-order valence-electron chi connectivity index (χ0n) is 54.7. The number of allylic oxidation sites excluding steroid dienone is 2. The van der Waals surface area contributed by atoms with E-state index in [0.717, 1.165) is 109 Å². The molecule has 0 heterocycles.